The molecular weight excluding hydrogens is 664 g/mol. The second-order valence-electron chi connectivity index (χ2n) is 14.8. The van der Waals surface area contributed by atoms with Crippen LogP contribution in [0.4, 0.5) is 14.6 Å². The molecule has 2 unspecified atom stereocenters. The van der Waals surface area contributed by atoms with Crippen LogP contribution in [0.5, 0.6) is 5.75 Å². The van der Waals surface area contributed by atoms with Crippen molar-refractivity contribution in [2.24, 2.45) is 0 Å². The van der Waals surface area contributed by atoms with E-state index in [0.29, 0.717) is 42.9 Å². The summed E-state index contributed by atoms with van der Waals surface area (Å²) in [5, 5.41) is 0. The zero-order chi connectivity index (χ0) is 38.0. The Labute approximate surface area is 306 Å². The lowest BCUT2D eigenvalue weighted by Gasteiger charge is -2.41. The third kappa shape index (κ3) is 8.24. The number of ether oxygens (including phenoxy) is 4. The Morgan fingerprint density at radius 3 is 2.35 bits per heavy atom. The van der Waals surface area contributed by atoms with Crippen LogP contribution in [0, 0.1) is 25.5 Å². The minimum atomic E-state index is -1.00. The van der Waals surface area contributed by atoms with Gasteiger partial charge in [-0.25, -0.2) is 18.6 Å². The summed E-state index contributed by atoms with van der Waals surface area (Å²) in [4.78, 5) is 20.9. The Morgan fingerprint density at radius 1 is 1.04 bits per heavy atom. The largest absolute Gasteiger partial charge is 0.490 e. The van der Waals surface area contributed by atoms with Gasteiger partial charge in [-0.1, -0.05) is 30.4 Å². The molecule has 2 aromatic carbocycles. The lowest BCUT2D eigenvalue weighted by atomic mass is 9.92. The summed E-state index contributed by atoms with van der Waals surface area (Å²) in [5.74, 6) is -1.41. The Hall–Kier alpha value is -4.54. The highest BCUT2D eigenvalue weighted by Crippen LogP contribution is 2.42. The number of imidazole rings is 1. The van der Waals surface area contributed by atoms with E-state index in [-0.39, 0.29) is 17.5 Å². The van der Waals surface area contributed by atoms with Gasteiger partial charge in [-0.05, 0) is 90.1 Å². The molecule has 0 spiro atoms. The first-order valence-electron chi connectivity index (χ1n) is 17.7. The van der Waals surface area contributed by atoms with E-state index < -0.39 is 29.3 Å². The number of halogens is 2. The quantitative estimate of drug-likeness (QED) is 0.101. The number of anilines is 1. The number of fused-ring (bicyclic) bond motifs is 1. The number of piperidine rings is 1. The van der Waals surface area contributed by atoms with Crippen molar-refractivity contribution in [2.45, 2.75) is 91.1 Å². The summed E-state index contributed by atoms with van der Waals surface area (Å²) in [5.41, 5.74) is 4.72. The Kier molecular flexibility index (Phi) is 11.6. The number of nitrogens with zero attached hydrogens (tertiary/aromatic N) is 3. The van der Waals surface area contributed by atoms with E-state index in [0.717, 1.165) is 58.7 Å². The highest BCUT2D eigenvalue weighted by molar-refractivity contribution is 5.82. The van der Waals surface area contributed by atoms with E-state index in [4.69, 9.17) is 23.9 Å². The highest BCUT2D eigenvalue weighted by atomic mass is 19.2. The summed E-state index contributed by atoms with van der Waals surface area (Å²) in [7, 11) is 1.37. The third-order valence-corrected chi connectivity index (χ3v) is 9.61. The van der Waals surface area contributed by atoms with E-state index in [9.17, 15) is 13.6 Å². The van der Waals surface area contributed by atoms with Crippen molar-refractivity contribution < 1.29 is 32.5 Å². The van der Waals surface area contributed by atoms with Crippen LogP contribution in [-0.2, 0) is 19.0 Å². The van der Waals surface area contributed by atoms with Crippen molar-refractivity contribution in [1.29, 1.82) is 0 Å². The lowest BCUT2D eigenvalue weighted by Crippen LogP contribution is -2.45. The van der Waals surface area contributed by atoms with Crippen LogP contribution in [0.15, 0.2) is 67.9 Å². The number of benzene rings is 2. The molecule has 1 aliphatic rings. The number of carbonyl (C=O) groups excluding carboxylic acids is 1. The lowest BCUT2D eigenvalue weighted by molar-refractivity contribution is -0.164. The molecule has 2 atom stereocenters. The van der Waals surface area contributed by atoms with Gasteiger partial charge in [-0.15, -0.1) is 13.2 Å². The molecule has 52 heavy (non-hydrogen) atoms. The molecule has 0 aliphatic carbocycles. The predicted molar refractivity (Wildman–Crippen MR) is 202 cm³/mol. The topological polar surface area (TPSA) is 74.5 Å². The molecule has 3 heterocycles. The average Bonchev–Trinajstić information content (AvgIpc) is 3.55. The molecule has 1 fully saturated rings. The number of pyridine rings is 1. The molecule has 4 aromatic rings. The molecule has 0 amide bonds. The number of aromatic nitrogens is 2. The van der Waals surface area contributed by atoms with Crippen LogP contribution in [0.2, 0.25) is 0 Å². The van der Waals surface area contributed by atoms with Crippen molar-refractivity contribution in [3.8, 4) is 28.1 Å². The zero-order valence-corrected chi connectivity index (χ0v) is 31.6. The number of carbonyl (C=O) groups is 1. The summed E-state index contributed by atoms with van der Waals surface area (Å²) in [6.07, 6.45) is 6.20. The second-order valence-corrected chi connectivity index (χ2v) is 14.8. The Bertz CT molecular complexity index is 1960. The molecule has 0 saturated carbocycles. The fraction of sp³-hybridized carbons (Fsp3) is 0.429. The summed E-state index contributed by atoms with van der Waals surface area (Å²) >= 11 is 0. The molecule has 2 aromatic heterocycles. The SMILES string of the molecule is C=CCOC1(C)CCN(c2c(C(OC(C)(C)C)C(=O)OC)c(C)c(C)c3nc(-c4cccc(-c5cc(F)c(F)cc5OC(C)CC=C)c4)cn23)CC1. The standard InChI is InChI=1S/C42H51F2N3O5/c1-11-14-26(3)51-35-24-33(44)32(43)23-31(35)29-15-13-16-30(22-29)34-25-47-38(45-34)28(5)27(4)36(37(40(48)49-10)52-41(6,7)8)39(47)46-19-17-42(9,18-20-46)50-21-12-2/h11-13,15-16,22-26,37H,1-2,14,17-21H2,3-10H3. The number of rotatable bonds is 13. The van der Waals surface area contributed by atoms with Crippen molar-refractivity contribution in [1.82, 2.24) is 9.38 Å². The van der Waals surface area contributed by atoms with Crippen molar-refractivity contribution in [3.63, 3.8) is 0 Å². The maximum Gasteiger partial charge on any atom is 0.339 e. The monoisotopic (exact) mass is 715 g/mol. The fourth-order valence-corrected chi connectivity index (χ4v) is 6.73. The van der Waals surface area contributed by atoms with Gasteiger partial charge in [0.15, 0.2) is 17.7 Å². The van der Waals surface area contributed by atoms with Crippen LogP contribution in [0.3, 0.4) is 0 Å². The minimum absolute atomic E-state index is 0.237. The molecule has 1 aliphatic heterocycles. The van der Waals surface area contributed by atoms with Gasteiger partial charge >= 0.3 is 5.97 Å². The zero-order valence-electron chi connectivity index (χ0n) is 31.6. The molecule has 8 nitrogen and oxygen atoms in total. The van der Waals surface area contributed by atoms with Crippen LogP contribution in [-0.4, -0.2) is 59.5 Å². The van der Waals surface area contributed by atoms with E-state index in [1.54, 1.807) is 12.2 Å². The first-order valence-corrected chi connectivity index (χ1v) is 17.7. The predicted octanol–water partition coefficient (Wildman–Crippen LogP) is 9.50. The molecule has 0 bridgehead atoms. The van der Waals surface area contributed by atoms with Gasteiger partial charge in [0.25, 0.3) is 0 Å². The third-order valence-electron chi connectivity index (χ3n) is 9.61. The van der Waals surface area contributed by atoms with Crippen molar-refractivity contribution >= 4 is 17.4 Å². The summed E-state index contributed by atoms with van der Waals surface area (Å²) < 4.78 is 55.2. The van der Waals surface area contributed by atoms with Gasteiger partial charge in [-0.3, -0.25) is 4.40 Å². The van der Waals surface area contributed by atoms with Crippen LogP contribution >= 0.6 is 0 Å². The van der Waals surface area contributed by atoms with Gasteiger partial charge in [0.1, 0.15) is 17.2 Å². The van der Waals surface area contributed by atoms with Gasteiger partial charge < -0.3 is 23.8 Å². The van der Waals surface area contributed by atoms with Gasteiger partial charge in [0.2, 0.25) is 0 Å². The second kappa shape index (κ2) is 15.6. The van der Waals surface area contributed by atoms with Crippen LogP contribution in [0.1, 0.15) is 76.7 Å². The van der Waals surface area contributed by atoms with Crippen LogP contribution in [0.25, 0.3) is 28.0 Å². The molecule has 0 radical (unpaired) electrons. The molecular formula is C42H51F2N3O5. The molecule has 0 N–H and O–H groups in total. The normalized spacial score (nSPS) is 15.7. The number of hydrogen-bond acceptors (Lipinski definition) is 7. The number of hydrogen-bond donors (Lipinski definition) is 0. The maximum absolute atomic E-state index is 14.7. The van der Waals surface area contributed by atoms with Gasteiger partial charge in [-0.2, -0.15) is 0 Å². The van der Waals surface area contributed by atoms with Crippen molar-refractivity contribution in [2.75, 3.05) is 31.7 Å². The van der Waals surface area contributed by atoms with Crippen molar-refractivity contribution in [3.05, 3.63) is 96.2 Å². The minimum Gasteiger partial charge on any atom is -0.490 e. The molecule has 278 valence electrons. The molecule has 10 heteroatoms. The van der Waals surface area contributed by atoms with E-state index in [2.05, 4.69) is 25.0 Å². The summed E-state index contributed by atoms with van der Waals surface area (Å²) in [6, 6.07) is 9.77. The number of aryl methyl sites for hydroxylation is 1. The Balaban J connectivity index is 1.69. The smallest absolute Gasteiger partial charge is 0.339 e. The van der Waals surface area contributed by atoms with Gasteiger partial charge in [0, 0.05) is 48.5 Å². The highest BCUT2D eigenvalue weighted by Gasteiger charge is 2.38. The maximum atomic E-state index is 14.7. The summed E-state index contributed by atoms with van der Waals surface area (Å²) in [6.45, 7) is 23.1. The Morgan fingerprint density at radius 2 is 1.71 bits per heavy atom. The average molecular weight is 716 g/mol. The number of methoxy groups -OCH3 is 1. The number of esters is 1. The van der Waals surface area contributed by atoms with E-state index in [1.165, 1.54) is 7.11 Å². The van der Waals surface area contributed by atoms with E-state index >= 15 is 0 Å². The van der Waals surface area contributed by atoms with E-state index in [1.807, 2.05) is 76.4 Å². The fourth-order valence-electron chi connectivity index (χ4n) is 6.73. The first kappa shape index (κ1) is 38.7. The first-order chi connectivity index (χ1) is 24.6. The van der Waals surface area contributed by atoms with Crippen LogP contribution < -0.4 is 9.64 Å². The molecule has 1 saturated heterocycles. The molecule has 5 rings (SSSR count). The van der Waals surface area contributed by atoms with Gasteiger partial charge in [0.05, 0.1) is 36.7 Å².